The van der Waals surface area contributed by atoms with Crippen LogP contribution in [0.25, 0.3) is 0 Å². The van der Waals surface area contributed by atoms with Crippen LogP contribution >= 0.6 is 0 Å². The highest BCUT2D eigenvalue weighted by atomic mass is 32.2. The molecule has 1 aliphatic heterocycles. The van der Waals surface area contributed by atoms with Gasteiger partial charge in [-0.3, -0.25) is 0 Å². The van der Waals surface area contributed by atoms with Gasteiger partial charge in [-0.05, 0) is 30.9 Å². The Bertz CT molecular complexity index is 569. The van der Waals surface area contributed by atoms with Gasteiger partial charge in [0.15, 0.2) is 0 Å². The van der Waals surface area contributed by atoms with Crippen molar-refractivity contribution >= 4 is 9.84 Å². The Morgan fingerprint density at radius 2 is 1.76 bits per heavy atom. The Kier molecular flexibility index (Phi) is 4.65. The van der Waals surface area contributed by atoms with Gasteiger partial charge in [-0.25, -0.2) is 8.42 Å². The summed E-state index contributed by atoms with van der Waals surface area (Å²) in [4.78, 5) is 0. The first-order valence-electron chi connectivity index (χ1n) is 6.42. The van der Waals surface area contributed by atoms with Crippen molar-refractivity contribution in [2.24, 2.45) is 5.92 Å². The molecule has 0 atom stereocenters. The van der Waals surface area contributed by atoms with Crippen molar-refractivity contribution in [3.63, 3.8) is 0 Å². The monoisotopic (exact) mass is 324 g/mol. The fourth-order valence-electron chi connectivity index (χ4n) is 2.08. The van der Waals surface area contributed by atoms with Gasteiger partial charge >= 0.3 is 6.36 Å². The van der Waals surface area contributed by atoms with Crippen molar-refractivity contribution < 1.29 is 31.1 Å². The normalized spacial score (nSPS) is 19.2. The van der Waals surface area contributed by atoms with Crippen LogP contribution in [0.2, 0.25) is 0 Å². The van der Waals surface area contributed by atoms with Gasteiger partial charge in [-0.1, -0.05) is 6.07 Å². The molecular weight excluding hydrogens is 309 g/mol. The molecule has 118 valence electrons. The van der Waals surface area contributed by atoms with E-state index in [-0.39, 0.29) is 35.5 Å². The van der Waals surface area contributed by atoms with Crippen LogP contribution in [0.3, 0.4) is 0 Å². The highest BCUT2D eigenvalue weighted by Crippen LogP contribution is 2.27. The third kappa shape index (κ3) is 5.45. The first kappa shape index (κ1) is 15.9. The van der Waals surface area contributed by atoms with Gasteiger partial charge in [0.1, 0.15) is 21.3 Å². The topological polar surface area (TPSA) is 52.6 Å². The molecule has 8 heteroatoms. The minimum Gasteiger partial charge on any atom is -0.493 e. The Morgan fingerprint density at radius 3 is 2.38 bits per heavy atom. The second-order valence-corrected chi connectivity index (χ2v) is 7.23. The van der Waals surface area contributed by atoms with Crippen LogP contribution in [0.15, 0.2) is 24.3 Å². The van der Waals surface area contributed by atoms with Crippen molar-refractivity contribution in [1.29, 1.82) is 0 Å². The zero-order chi connectivity index (χ0) is 15.5. The largest absolute Gasteiger partial charge is 0.573 e. The lowest BCUT2D eigenvalue weighted by molar-refractivity contribution is -0.274. The maximum absolute atomic E-state index is 12.1. The van der Waals surface area contributed by atoms with Gasteiger partial charge in [0, 0.05) is 6.07 Å². The molecule has 0 unspecified atom stereocenters. The summed E-state index contributed by atoms with van der Waals surface area (Å²) >= 11 is 0. The highest BCUT2D eigenvalue weighted by Gasteiger charge is 2.31. The molecule has 0 aromatic heterocycles. The fourth-order valence-corrected chi connectivity index (χ4v) is 3.67. The van der Waals surface area contributed by atoms with E-state index in [0.29, 0.717) is 12.8 Å². The lowest BCUT2D eigenvalue weighted by atomic mass is 10.0. The zero-order valence-corrected chi connectivity index (χ0v) is 11.9. The molecule has 1 aromatic rings. The number of sulfone groups is 1. The summed E-state index contributed by atoms with van der Waals surface area (Å²) in [6.07, 6.45) is -3.71. The van der Waals surface area contributed by atoms with E-state index in [4.69, 9.17) is 4.74 Å². The Balaban J connectivity index is 1.88. The quantitative estimate of drug-likeness (QED) is 0.854. The molecule has 0 saturated carbocycles. The van der Waals surface area contributed by atoms with E-state index >= 15 is 0 Å². The smallest absolute Gasteiger partial charge is 0.493 e. The van der Waals surface area contributed by atoms with E-state index < -0.39 is 16.2 Å². The first-order chi connectivity index (χ1) is 9.73. The standard InChI is InChI=1S/C13H15F3O4S/c14-13(15,16)20-12-3-1-2-11(8-12)19-9-10-4-6-21(17,18)7-5-10/h1-3,8,10H,4-7,9H2. The summed E-state index contributed by atoms with van der Waals surface area (Å²) in [6.45, 7) is 0.283. The van der Waals surface area contributed by atoms with Crippen LogP contribution < -0.4 is 9.47 Å². The zero-order valence-electron chi connectivity index (χ0n) is 11.1. The van der Waals surface area contributed by atoms with Crippen LogP contribution in [-0.4, -0.2) is 32.9 Å². The molecule has 0 N–H and O–H groups in total. The van der Waals surface area contributed by atoms with Crippen LogP contribution in [0, 0.1) is 5.92 Å². The summed E-state index contributed by atoms with van der Waals surface area (Å²) < 4.78 is 68.1. The van der Waals surface area contributed by atoms with E-state index in [0.717, 1.165) is 6.07 Å². The van der Waals surface area contributed by atoms with Crippen LogP contribution in [0.4, 0.5) is 13.2 Å². The molecule has 4 nitrogen and oxygen atoms in total. The number of halogens is 3. The SMILES string of the molecule is O=S1(=O)CCC(COc2cccc(OC(F)(F)F)c2)CC1. The van der Waals surface area contributed by atoms with Crippen molar-refractivity contribution in [2.45, 2.75) is 19.2 Å². The summed E-state index contributed by atoms with van der Waals surface area (Å²) in [7, 11) is -2.93. The predicted octanol–water partition coefficient (Wildman–Crippen LogP) is 2.79. The Morgan fingerprint density at radius 1 is 1.14 bits per heavy atom. The highest BCUT2D eigenvalue weighted by molar-refractivity contribution is 7.91. The van der Waals surface area contributed by atoms with E-state index in [9.17, 15) is 21.6 Å². The average Bonchev–Trinajstić information content (AvgIpc) is 2.36. The first-order valence-corrected chi connectivity index (χ1v) is 8.25. The molecular formula is C13H15F3O4S. The molecule has 2 rings (SSSR count). The molecule has 0 spiro atoms. The van der Waals surface area contributed by atoms with E-state index in [2.05, 4.69) is 4.74 Å². The third-order valence-corrected chi connectivity index (χ3v) is 4.91. The second kappa shape index (κ2) is 6.13. The predicted molar refractivity (Wildman–Crippen MR) is 70.0 cm³/mol. The van der Waals surface area contributed by atoms with Gasteiger partial charge in [-0.2, -0.15) is 0 Å². The fraction of sp³-hybridized carbons (Fsp3) is 0.538. The van der Waals surface area contributed by atoms with Gasteiger partial charge in [0.25, 0.3) is 0 Å². The maximum Gasteiger partial charge on any atom is 0.573 e. The Labute approximate surface area is 120 Å². The summed E-state index contributed by atoms with van der Waals surface area (Å²) in [5.74, 6) is 0.299. The van der Waals surface area contributed by atoms with E-state index in [1.54, 1.807) is 0 Å². The van der Waals surface area contributed by atoms with Crippen molar-refractivity contribution in [1.82, 2.24) is 0 Å². The molecule has 1 saturated heterocycles. The molecule has 21 heavy (non-hydrogen) atoms. The van der Waals surface area contributed by atoms with Gasteiger partial charge < -0.3 is 9.47 Å². The van der Waals surface area contributed by atoms with Gasteiger partial charge in [0.05, 0.1) is 18.1 Å². The number of ether oxygens (including phenoxy) is 2. The second-order valence-electron chi connectivity index (χ2n) is 4.93. The minimum absolute atomic E-state index is 0.0979. The van der Waals surface area contributed by atoms with Crippen LogP contribution in [0.1, 0.15) is 12.8 Å². The van der Waals surface area contributed by atoms with Crippen molar-refractivity contribution in [2.75, 3.05) is 18.1 Å². The molecule has 1 aromatic carbocycles. The summed E-state index contributed by atoms with van der Waals surface area (Å²) in [5, 5.41) is 0. The van der Waals surface area contributed by atoms with E-state index in [1.165, 1.54) is 18.2 Å². The molecule has 1 aliphatic rings. The van der Waals surface area contributed by atoms with Crippen LogP contribution in [0.5, 0.6) is 11.5 Å². The van der Waals surface area contributed by atoms with Gasteiger partial charge in [-0.15, -0.1) is 13.2 Å². The lowest BCUT2D eigenvalue weighted by Crippen LogP contribution is -2.26. The van der Waals surface area contributed by atoms with Crippen molar-refractivity contribution in [3.05, 3.63) is 24.3 Å². The minimum atomic E-state index is -4.74. The number of rotatable bonds is 4. The number of alkyl halides is 3. The molecule has 0 bridgehead atoms. The third-order valence-electron chi connectivity index (χ3n) is 3.20. The summed E-state index contributed by atoms with van der Waals surface area (Å²) in [5.41, 5.74) is 0. The molecule has 1 fully saturated rings. The number of hydrogen-bond donors (Lipinski definition) is 0. The molecule has 0 amide bonds. The summed E-state index contributed by atoms with van der Waals surface area (Å²) in [6, 6.07) is 5.28. The average molecular weight is 324 g/mol. The maximum atomic E-state index is 12.1. The number of hydrogen-bond acceptors (Lipinski definition) is 4. The van der Waals surface area contributed by atoms with Crippen molar-refractivity contribution in [3.8, 4) is 11.5 Å². The lowest BCUT2D eigenvalue weighted by Gasteiger charge is -2.22. The molecule has 1 heterocycles. The Hall–Kier alpha value is -1.44. The van der Waals surface area contributed by atoms with E-state index in [1.807, 2.05) is 0 Å². The van der Waals surface area contributed by atoms with Crippen LogP contribution in [-0.2, 0) is 9.84 Å². The number of benzene rings is 1. The molecule has 0 radical (unpaired) electrons. The molecule has 0 aliphatic carbocycles. The van der Waals surface area contributed by atoms with Gasteiger partial charge in [0.2, 0.25) is 0 Å².